The minimum absolute atomic E-state index is 0.160. The minimum Gasteiger partial charge on any atom is -0.493 e. The van der Waals surface area contributed by atoms with Crippen LogP contribution in [0.4, 0.5) is 0 Å². The standard InChI is InChI=1S/C30H26N2O5S/c1-18-8-10-21(11-9-18)25-27(26(33)23-6-4-5-7-24(23)32(25)3)37-17-16-36-22-14-12-20(13-15-22)19(2)28-29(34)31-30(35)38-28/h4-15,34H,2,16-17H2,1,3H3,(H,31,35). The monoisotopic (exact) mass is 526 g/mol. The number of aromatic nitrogens is 2. The van der Waals surface area contributed by atoms with Gasteiger partial charge in [-0.25, -0.2) is 0 Å². The van der Waals surface area contributed by atoms with E-state index in [1.807, 2.05) is 61.0 Å². The zero-order valence-electron chi connectivity index (χ0n) is 21.0. The summed E-state index contributed by atoms with van der Waals surface area (Å²) in [6, 6.07) is 22.7. The number of thiazole rings is 1. The van der Waals surface area contributed by atoms with Crippen molar-refractivity contribution in [2.75, 3.05) is 13.2 Å². The van der Waals surface area contributed by atoms with E-state index in [-0.39, 0.29) is 35.1 Å². The van der Waals surface area contributed by atoms with Gasteiger partial charge in [-0.05, 0) is 42.3 Å². The van der Waals surface area contributed by atoms with Gasteiger partial charge in [0.25, 0.3) is 0 Å². The van der Waals surface area contributed by atoms with Gasteiger partial charge in [0.1, 0.15) is 19.0 Å². The summed E-state index contributed by atoms with van der Waals surface area (Å²) in [6.07, 6.45) is 0. The third-order valence-corrected chi connectivity index (χ3v) is 7.23. The highest BCUT2D eigenvalue weighted by molar-refractivity contribution is 7.10. The number of rotatable bonds is 8. The number of hydrogen-bond donors (Lipinski definition) is 2. The Morgan fingerprint density at radius 2 is 1.66 bits per heavy atom. The summed E-state index contributed by atoms with van der Waals surface area (Å²) in [5.41, 5.74) is 4.70. The molecule has 0 amide bonds. The lowest BCUT2D eigenvalue weighted by molar-refractivity contribution is 0.216. The molecule has 5 rings (SSSR count). The molecule has 38 heavy (non-hydrogen) atoms. The van der Waals surface area contributed by atoms with Gasteiger partial charge in [-0.3, -0.25) is 14.6 Å². The Hall–Kier alpha value is -4.56. The maximum Gasteiger partial charge on any atom is 0.307 e. The second-order valence-electron chi connectivity index (χ2n) is 8.84. The Morgan fingerprint density at radius 3 is 2.34 bits per heavy atom. The summed E-state index contributed by atoms with van der Waals surface area (Å²) < 4.78 is 13.9. The van der Waals surface area contributed by atoms with Crippen LogP contribution in [0.15, 0.2) is 89.0 Å². The first-order chi connectivity index (χ1) is 18.3. The van der Waals surface area contributed by atoms with Crippen molar-refractivity contribution in [3.8, 4) is 28.6 Å². The smallest absolute Gasteiger partial charge is 0.307 e. The van der Waals surface area contributed by atoms with Crippen LogP contribution in [0.3, 0.4) is 0 Å². The molecule has 0 atom stereocenters. The zero-order valence-corrected chi connectivity index (χ0v) is 21.8. The van der Waals surface area contributed by atoms with Crippen molar-refractivity contribution in [3.63, 3.8) is 0 Å². The summed E-state index contributed by atoms with van der Waals surface area (Å²) in [4.78, 5) is 27.3. The Morgan fingerprint density at radius 1 is 0.974 bits per heavy atom. The molecule has 3 aromatic carbocycles. The number of fused-ring (bicyclic) bond motifs is 1. The first-order valence-electron chi connectivity index (χ1n) is 12.0. The average molecular weight is 527 g/mol. The van der Waals surface area contributed by atoms with Gasteiger partial charge in [-0.2, -0.15) is 0 Å². The zero-order chi connectivity index (χ0) is 26.8. The van der Waals surface area contributed by atoms with Crippen LogP contribution in [0.5, 0.6) is 17.4 Å². The highest BCUT2D eigenvalue weighted by Gasteiger charge is 2.18. The van der Waals surface area contributed by atoms with Crippen LogP contribution >= 0.6 is 11.3 Å². The number of para-hydroxylation sites is 1. The van der Waals surface area contributed by atoms with Gasteiger partial charge in [0.15, 0.2) is 5.75 Å². The number of H-pyrrole nitrogens is 1. The molecule has 0 bridgehead atoms. The summed E-state index contributed by atoms with van der Waals surface area (Å²) in [7, 11) is 1.93. The van der Waals surface area contributed by atoms with Gasteiger partial charge in [0, 0.05) is 18.0 Å². The fourth-order valence-corrected chi connectivity index (χ4v) is 5.06. The van der Waals surface area contributed by atoms with Crippen LogP contribution in [0.2, 0.25) is 0 Å². The van der Waals surface area contributed by atoms with Crippen LogP contribution in [-0.4, -0.2) is 27.9 Å². The second kappa shape index (κ2) is 10.4. The average Bonchev–Trinajstić information content (AvgIpc) is 3.27. The Kier molecular flexibility index (Phi) is 6.89. The largest absolute Gasteiger partial charge is 0.493 e. The quantitative estimate of drug-likeness (QED) is 0.261. The van der Waals surface area contributed by atoms with E-state index in [1.54, 1.807) is 30.3 Å². The fraction of sp³-hybridized carbons (Fsp3) is 0.133. The van der Waals surface area contributed by atoms with Crippen molar-refractivity contribution in [1.82, 2.24) is 9.55 Å². The highest BCUT2D eigenvalue weighted by Crippen LogP contribution is 2.32. The van der Waals surface area contributed by atoms with Gasteiger partial charge in [0.05, 0.1) is 16.1 Å². The number of pyridine rings is 1. The number of hydrogen-bond acceptors (Lipinski definition) is 6. The molecule has 0 unspecified atom stereocenters. The number of ether oxygens (including phenoxy) is 2. The van der Waals surface area contributed by atoms with E-state index in [1.165, 1.54) is 0 Å². The highest BCUT2D eigenvalue weighted by atomic mass is 32.1. The predicted octanol–water partition coefficient (Wildman–Crippen LogP) is 5.49. The molecule has 2 heterocycles. The van der Waals surface area contributed by atoms with Crippen LogP contribution in [0.25, 0.3) is 27.7 Å². The second-order valence-corrected chi connectivity index (χ2v) is 9.82. The molecule has 2 aromatic heterocycles. The molecule has 5 aromatic rings. The first-order valence-corrected chi connectivity index (χ1v) is 12.8. The number of benzene rings is 3. The van der Waals surface area contributed by atoms with Crippen molar-refractivity contribution in [2.45, 2.75) is 6.92 Å². The number of aromatic hydroxyl groups is 1. The summed E-state index contributed by atoms with van der Waals surface area (Å²) in [6.45, 7) is 6.40. The lowest BCUT2D eigenvalue weighted by atomic mass is 10.1. The summed E-state index contributed by atoms with van der Waals surface area (Å²) in [5.74, 6) is 0.713. The molecule has 0 radical (unpaired) electrons. The maximum absolute atomic E-state index is 13.4. The van der Waals surface area contributed by atoms with Crippen LogP contribution in [-0.2, 0) is 7.05 Å². The van der Waals surface area contributed by atoms with E-state index in [2.05, 4.69) is 11.6 Å². The van der Waals surface area contributed by atoms with Gasteiger partial charge in [-0.1, -0.05) is 72.0 Å². The van der Waals surface area contributed by atoms with Crippen LogP contribution in [0.1, 0.15) is 16.0 Å². The van der Waals surface area contributed by atoms with E-state index in [9.17, 15) is 14.7 Å². The number of nitrogens with one attached hydrogen (secondary N) is 1. The first kappa shape index (κ1) is 25.1. The molecule has 0 fully saturated rings. The molecule has 7 nitrogen and oxygen atoms in total. The van der Waals surface area contributed by atoms with E-state index < -0.39 is 0 Å². The third-order valence-electron chi connectivity index (χ3n) is 6.30. The molecule has 0 saturated heterocycles. The van der Waals surface area contributed by atoms with Crippen molar-refractivity contribution in [1.29, 1.82) is 0 Å². The molecular formula is C30H26N2O5S. The maximum atomic E-state index is 13.4. The van der Waals surface area contributed by atoms with E-state index in [0.717, 1.165) is 33.5 Å². The van der Waals surface area contributed by atoms with Crippen molar-refractivity contribution < 1.29 is 14.6 Å². The number of aromatic amines is 1. The van der Waals surface area contributed by atoms with Crippen molar-refractivity contribution in [3.05, 3.63) is 115 Å². The molecule has 2 N–H and O–H groups in total. The summed E-state index contributed by atoms with van der Waals surface area (Å²) in [5, 5.41) is 10.5. The van der Waals surface area contributed by atoms with Crippen LogP contribution in [0, 0.1) is 6.92 Å². The molecule has 8 heteroatoms. The van der Waals surface area contributed by atoms with Crippen molar-refractivity contribution >= 4 is 27.8 Å². The van der Waals surface area contributed by atoms with E-state index >= 15 is 0 Å². The SMILES string of the molecule is C=C(c1ccc(OCCOc2c(-c3ccc(C)cc3)n(C)c3ccccc3c2=O)cc1)c1sc(=O)[nH]c1O. The fourth-order valence-electron chi connectivity index (χ4n) is 4.34. The molecule has 0 aliphatic heterocycles. The molecule has 192 valence electrons. The van der Waals surface area contributed by atoms with Gasteiger partial charge >= 0.3 is 4.87 Å². The Bertz CT molecular complexity index is 1750. The van der Waals surface area contributed by atoms with Gasteiger partial charge < -0.3 is 19.1 Å². The van der Waals surface area contributed by atoms with Gasteiger partial charge in [-0.15, -0.1) is 0 Å². The van der Waals surface area contributed by atoms with E-state index in [4.69, 9.17) is 9.47 Å². The normalized spacial score (nSPS) is 11.0. The molecule has 0 spiro atoms. The third kappa shape index (κ3) is 4.86. The molecular weight excluding hydrogens is 500 g/mol. The predicted molar refractivity (Wildman–Crippen MR) is 152 cm³/mol. The Balaban J connectivity index is 1.33. The Labute approximate surface area is 222 Å². The number of nitrogens with zero attached hydrogens (tertiary/aromatic N) is 1. The molecule has 0 aliphatic rings. The van der Waals surface area contributed by atoms with Crippen molar-refractivity contribution in [2.24, 2.45) is 7.05 Å². The van der Waals surface area contributed by atoms with Crippen LogP contribution < -0.4 is 19.8 Å². The number of aryl methyl sites for hydroxylation is 2. The van der Waals surface area contributed by atoms with E-state index in [0.29, 0.717) is 27.3 Å². The molecule has 0 aliphatic carbocycles. The minimum atomic E-state index is -0.342. The lowest BCUT2D eigenvalue weighted by Gasteiger charge is -2.18. The lowest BCUT2D eigenvalue weighted by Crippen LogP contribution is -2.18. The molecule has 0 saturated carbocycles. The topological polar surface area (TPSA) is 93.5 Å². The van der Waals surface area contributed by atoms with Gasteiger partial charge in [0.2, 0.25) is 11.3 Å². The summed E-state index contributed by atoms with van der Waals surface area (Å²) >= 11 is 0.903.